The van der Waals surface area contributed by atoms with Crippen molar-refractivity contribution in [2.24, 2.45) is 5.84 Å². The second-order valence-corrected chi connectivity index (χ2v) is 5.11. The molecule has 2 aliphatic rings. The number of nitrogens with two attached hydrogens (primary N) is 1. The molecule has 2 bridgehead atoms. The number of piperidine rings is 2. The van der Waals surface area contributed by atoms with Gasteiger partial charge >= 0.3 is 0 Å². The number of nitrogens with zero attached hydrogens (tertiary/aromatic N) is 1. The molecule has 2 heterocycles. The molecule has 2 aliphatic heterocycles. The van der Waals surface area contributed by atoms with Gasteiger partial charge in [-0.05, 0) is 39.5 Å². The van der Waals surface area contributed by atoms with E-state index in [1.807, 2.05) is 0 Å². The van der Waals surface area contributed by atoms with Gasteiger partial charge in [0, 0.05) is 24.2 Å². The van der Waals surface area contributed by atoms with Crippen LogP contribution in [-0.2, 0) is 0 Å². The first-order chi connectivity index (χ1) is 6.72. The van der Waals surface area contributed by atoms with Crippen LogP contribution in [0.15, 0.2) is 0 Å². The van der Waals surface area contributed by atoms with Crippen molar-refractivity contribution in [1.82, 2.24) is 10.3 Å². The monoisotopic (exact) mass is 197 g/mol. The first-order valence-corrected chi connectivity index (χ1v) is 5.96. The summed E-state index contributed by atoms with van der Waals surface area (Å²) in [4.78, 5) is 2.72. The number of hydrazine groups is 1. The lowest BCUT2D eigenvalue weighted by atomic mass is 9.81. The molecule has 14 heavy (non-hydrogen) atoms. The van der Waals surface area contributed by atoms with Gasteiger partial charge in [-0.2, -0.15) is 0 Å². The molecule has 0 saturated carbocycles. The van der Waals surface area contributed by atoms with Crippen molar-refractivity contribution >= 4 is 0 Å². The summed E-state index contributed by atoms with van der Waals surface area (Å²) >= 11 is 0. The fraction of sp³-hybridized carbons (Fsp3) is 1.00. The van der Waals surface area contributed by atoms with Crippen LogP contribution < -0.4 is 11.3 Å². The van der Waals surface area contributed by atoms with Crippen molar-refractivity contribution in [3.05, 3.63) is 0 Å². The predicted molar refractivity (Wildman–Crippen MR) is 58.7 cm³/mol. The largest absolute Gasteiger partial charge is 0.295 e. The van der Waals surface area contributed by atoms with Gasteiger partial charge in [0.15, 0.2) is 0 Å². The van der Waals surface area contributed by atoms with Crippen LogP contribution in [-0.4, -0.2) is 29.1 Å². The van der Waals surface area contributed by atoms with Gasteiger partial charge in [-0.15, -0.1) is 0 Å². The zero-order valence-electron chi connectivity index (χ0n) is 9.37. The number of nitrogens with one attached hydrogen (secondary N) is 1. The lowest BCUT2D eigenvalue weighted by molar-refractivity contribution is 0.000218. The molecular weight excluding hydrogens is 174 g/mol. The van der Waals surface area contributed by atoms with Crippen LogP contribution >= 0.6 is 0 Å². The van der Waals surface area contributed by atoms with Gasteiger partial charge in [0.1, 0.15) is 0 Å². The number of rotatable bonds is 2. The highest BCUT2D eigenvalue weighted by atomic mass is 15.3. The van der Waals surface area contributed by atoms with Crippen LogP contribution in [0.25, 0.3) is 0 Å². The van der Waals surface area contributed by atoms with E-state index in [0.717, 1.165) is 12.1 Å². The van der Waals surface area contributed by atoms with E-state index in [1.165, 1.54) is 32.1 Å². The first-order valence-electron chi connectivity index (χ1n) is 5.96. The van der Waals surface area contributed by atoms with Gasteiger partial charge in [-0.1, -0.05) is 6.42 Å². The summed E-state index contributed by atoms with van der Waals surface area (Å²) in [5, 5.41) is 0. The van der Waals surface area contributed by atoms with Crippen molar-refractivity contribution in [2.45, 2.75) is 70.1 Å². The molecule has 3 nitrogen and oxygen atoms in total. The zero-order chi connectivity index (χ0) is 10.1. The Morgan fingerprint density at radius 2 is 1.79 bits per heavy atom. The van der Waals surface area contributed by atoms with Crippen molar-refractivity contribution in [3.8, 4) is 0 Å². The summed E-state index contributed by atoms with van der Waals surface area (Å²) in [6.45, 7) is 4.64. The Labute approximate surface area is 87.0 Å². The molecule has 0 amide bonds. The molecule has 0 spiro atoms. The second-order valence-electron chi connectivity index (χ2n) is 5.11. The summed E-state index contributed by atoms with van der Waals surface area (Å²) in [6, 6.07) is 2.82. The van der Waals surface area contributed by atoms with Crippen molar-refractivity contribution in [1.29, 1.82) is 0 Å². The average Bonchev–Trinajstić information content (AvgIpc) is 2.15. The predicted octanol–water partition coefficient (Wildman–Crippen LogP) is 1.24. The summed E-state index contributed by atoms with van der Waals surface area (Å²) < 4.78 is 0. The summed E-state index contributed by atoms with van der Waals surface area (Å²) in [5.41, 5.74) is 2.97. The molecule has 3 heteroatoms. The summed E-state index contributed by atoms with van der Waals surface area (Å²) in [6.07, 6.45) is 6.63. The minimum Gasteiger partial charge on any atom is -0.295 e. The maximum atomic E-state index is 5.56. The van der Waals surface area contributed by atoms with Gasteiger partial charge in [0.2, 0.25) is 0 Å². The molecule has 0 aromatic heterocycles. The van der Waals surface area contributed by atoms with Crippen molar-refractivity contribution in [3.63, 3.8) is 0 Å². The first kappa shape index (κ1) is 10.4. The number of hydrogen-bond donors (Lipinski definition) is 2. The maximum Gasteiger partial charge on any atom is 0.0240 e. The van der Waals surface area contributed by atoms with E-state index in [1.54, 1.807) is 0 Å². The van der Waals surface area contributed by atoms with Crippen LogP contribution in [0.2, 0.25) is 0 Å². The van der Waals surface area contributed by atoms with E-state index in [-0.39, 0.29) is 0 Å². The fourth-order valence-electron chi connectivity index (χ4n) is 3.40. The van der Waals surface area contributed by atoms with Crippen LogP contribution in [0.3, 0.4) is 0 Å². The lowest BCUT2D eigenvalue weighted by Crippen LogP contribution is -2.59. The molecular formula is C11H23N3. The molecule has 2 rings (SSSR count). The SMILES string of the molecule is CC(C)N1[C@H]2CCC[C@H]1CC(NN)C2. The maximum absolute atomic E-state index is 5.56. The Kier molecular flexibility index (Phi) is 3.10. The zero-order valence-corrected chi connectivity index (χ0v) is 9.37. The Bertz CT molecular complexity index is 179. The third-order valence-corrected chi connectivity index (χ3v) is 3.86. The molecule has 82 valence electrons. The molecule has 2 atom stereocenters. The van der Waals surface area contributed by atoms with Crippen LogP contribution in [0.5, 0.6) is 0 Å². The van der Waals surface area contributed by atoms with Gasteiger partial charge in [0.05, 0.1) is 0 Å². The van der Waals surface area contributed by atoms with Crippen molar-refractivity contribution in [2.75, 3.05) is 0 Å². The van der Waals surface area contributed by atoms with Crippen LogP contribution in [0, 0.1) is 0 Å². The molecule has 0 aromatic carbocycles. The Morgan fingerprint density at radius 1 is 1.21 bits per heavy atom. The number of hydrogen-bond acceptors (Lipinski definition) is 3. The van der Waals surface area contributed by atoms with Gasteiger partial charge in [-0.3, -0.25) is 16.2 Å². The quantitative estimate of drug-likeness (QED) is 0.517. The molecule has 0 unspecified atom stereocenters. The van der Waals surface area contributed by atoms with Crippen LogP contribution in [0.1, 0.15) is 46.0 Å². The molecule has 0 aromatic rings. The second kappa shape index (κ2) is 4.17. The molecule has 2 fully saturated rings. The summed E-state index contributed by atoms with van der Waals surface area (Å²) in [5.74, 6) is 5.56. The van der Waals surface area contributed by atoms with Crippen LogP contribution in [0.4, 0.5) is 0 Å². The van der Waals surface area contributed by atoms with E-state index >= 15 is 0 Å². The van der Waals surface area contributed by atoms with E-state index < -0.39 is 0 Å². The third-order valence-electron chi connectivity index (χ3n) is 3.86. The third kappa shape index (κ3) is 1.81. The fourth-order valence-corrected chi connectivity index (χ4v) is 3.40. The van der Waals surface area contributed by atoms with Gasteiger partial charge < -0.3 is 0 Å². The Morgan fingerprint density at radius 3 is 2.21 bits per heavy atom. The molecule has 3 N–H and O–H groups in total. The number of fused-ring (bicyclic) bond motifs is 2. The minimum atomic E-state index is 0.556. The normalized spacial score (nSPS) is 39.0. The molecule has 0 aliphatic carbocycles. The lowest BCUT2D eigenvalue weighted by Gasteiger charge is -2.50. The summed E-state index contributed by atoms with van der Waals surface area (Å²) in [7, 11) is 0. The molecule has 0 radical (unpaired) electrons. The van der Waals surface area contributed by atoms with E-state index in [4.69, 9.17) is 5.84 Å². The minimum absolute atomic E-state index is 0.556. The van der Waals surface area contributed by atoms with E-state index in [9.17, 15) is 0 Å². The highest BCUT2D eigenvalue weighted by Crippen LogP contribution is 2.35. The highest BCUT2D eigenvalue weighted by Gasteiger charge is 2.38. The van der Waals surface area contributed by atoms with E-state index in [2.05, 4.69) is 24.2 Å². The molecule has 2 saturated heterocycles. The Balaban J connectivity index is 2.07. The van der Waals surface area contributed by atoms with Crippen molar-refractivity contribution < 1.29 is 0 Å². The topological polar surface area (TPSA) is 41.3 Å². The van der Waals surface area contributed by atoms with Gasteiger partial charge in [0.25, 0.3) is 0 Å². The van der Waals surface area contributed by atoms with E-state index in [0.29, 0.717) is 12.1 Å². The standard InChI is InChI=1S/C11H23N3/c1-8(2)14-10-4-3-5-11(14)7-9(6-10)13-12/h8-11,13H,3-7,12H2,1-2H3/t10-,11-/m0/s1. The average molecular weight is 197 g/mol. The smallest absolute Gasteiger partial charge is 0.0240 e. The Hall–Kier alpha value is -0.120. The highest BCUT2D eigenvalue weighted by molar-refractivity contribution is 4.95. The van der Waals surface area contributed by atoms with Gasteiger partial charge in [-0.25, -0.2) is 0 Å².